The summed E-state index contributed by atoms with van der Waals surface area (Å²) in [6.45, 7) is 4.82. The molecule has 2 aromatic heterocycles. The van der Waals surface area contributed by atoms with Crippen LogP contribution in [0.5, 0.6) is 11.6 Å². The van der Waals surface area contributed by atoms with E-state index in [1.807, 2.05) is 25.9 Å². The van der Waals surface area contributed by atoms with Gasteiger partial charge in [-0.25, -0.2) is 19.3 Å². The number of anilines is 2. The highest BCUT2D eigenvalue weighted by Crippen LogP contribution is 2.37. The molecule has 0 saturated carbocycles. The van der Waals surface area contributed by atoms with Gasteiger partial charge in [-0.1, -0.05) is 6.92 Å². The molecule has 0 fully saturated rings. The number of nitrogens with one attached hydrogen (secondary N) is 1. The Kier molecular flexibility index (Phi) is 10.1. The third kappa shape index (κ3) is 7.87. The van der Waals surface area contributed by atoms with Gasteiger partial charge in [0.1, 0.15) is 17.4 Å². The van der Waals surface area contributed by atoms with Crippen LogP contribution in [-0.4, -0.2) is 60.0 Å². The second kappa shape index (κ2) is 13.8. The van der Waals surface area contributed by atoms with Crippen LogP contribution in [0.3, 0.4) is 0 Å². The first-order valence-corrected chi connectivity index (χ1v) is 14.0. The van der Waals surface area contributed by atoms with Crippen molar-refractivity contribution >= 4 is 17.3 Å². The molecular formula is C32H34F4N6O2. The monoisotopic (exact) mass is 610 g/mol. The summed E-state index contributed by atoms with van der Waals surface area (Å²) in [5.41, 5.74) is 0.440. The molecule has 1 amide bonds. The molecule has 0 saturated heterocycles. The van der Waals surface area contributed by atoms with Crippen LogP contribution in [0.1, 0.15) is 40.7 Å². The highest BCUT2D eigenvalue weighted by molar-refractivity contribution is 6.06. The lowest BCUT2D eigenvalue weighted by molar-refractivity contribution is -0.137. The molecule has 4 rings (SSSR count). The number of carbonyl (C=O) groups is 1. The average Bonchev–Trinajstić information content (AvgIpc) is 2.98. The second-order valence-corrected chi connectivity index (χ2v) is 10.5. The highest BCUT2D eigenvalue weighted by Gasteiger charge is 2.32. The highest BCUT2D eigenvalue weighted by atomic mass is 19.4. The van der Waals surface area contributed by atoms with Crippen LogP contribution in [0, 0.1) is 12.7 Å². The van der Waals surface area contributed by atoms with Crippen molar-refractivity contribution in [3.05, 3.63) is 89.3 Å². The molecule has 2 heterocycles. The van der Waals surface area contributed by atoms with Gasteiger partial charge in [0.2, 0.25) is 5.88 Å². The lowest BCUT2D eigenvalue weighted by Crippen LogP contribution is -2.25. The number of pyridine rings is 1. The van der Waals surface area contributed by atoms with Crippen molar-refractivity contribution < 1.29 is 27.1 Å². The van der Waals surface area contributed by atoms with E-state index < -0.39 is 29.0 Å². The molecule has 232 valence electrons. The Labute approximate surface area is 253 Å². The fourth-order valence-corrected chi connectivity index (χ4v) is 4.51. The van der Waals surface area contributed by atoms with Crippen LogP contribution >= 0.6 is 0 Å². The molecule has 0 radical (unpaired) electrons. The molecule has 12 heteroatoms. The van der Waals surface area contributed by atoms with Crippen LogP contribution in [0.2, 0.25) is 0 Å². The zero-order valence-electron chi connectivity index (χ0n) is 25.2. The Bertz CT molecular complexity index is 1630. The summed E-state index contributed by atoms with van der Waals surface area (Å²) in [5.74, 6) is -0.837. The van der Waals surface area contributed by atoms with E-state index >= 15 is 4.39 Å². The van der Waals surface area contributed by atoms with Crippen molar-refractivity contribution in [3.63, 3.8) is 0 Å². The standard InChI is InChI=1S/C32H34F4N6O2/c1-6-29-37-14-12-25(39-29)22-9-7-13-38-31(22)44-28-19-23(24(33)17-20(28)2)30(43)40-26-18-21(32(34,35)36)10-11-27(26)42(5)16-8-15-41(3)4/h7,9-14,17-19H,6,8,15-16H2,1-5H3,(H,40,43). The molecule has 0 aliphatic carbocycles. The van der Waals surface area contributed by atoms with Gasteiger partial charge in [-0.2, -0.15) is 13.2 Å². The van der Waals surface area contributed by atoms with Gasteiger partial charge in [0.15, 0.2) is 0 Å². The zero-order chi connectivity index (χ0) is 32.0. The van der Waals surface area contributed by atoms with Crippen molar-refractivity contribution in [1.29, 1.82) is 0 Å². The minimum absolute atomic E-state index is 0.0953. The first-order valence-electron chi connectivity index (χ1n) is 14.0. The minimum atomic E-state index is -4.64. The zero-order valence-corrected chi connectivity index (χ0v) is 25.2. The van der Waals surface area contributed by atoms with Gasteiger partial charge in [0.25, 0.3) is 5.91 Å². The second-order valence-electron chi connectivity index (χ2n) is 10.5. The van der Waals surface area contributed by atoms with Crippen molar-refractivity contribution in [2.45, 2.75) is 32.9 Å². The topological polar surface area (TPSA) is 83.5 Å². The van der Waals surface area contributed by atoms with E-state index in [4.69, 9.17) is 4.74 Å². The molecule has 0 bridgehead atoms. The van der Waals surface area contributed by atoms with E-state index in [0.29, 0.717) is 41.3 Å². The number of hydrogen-bond donors (Lipinski definition) is 1. The van der Waals surface area contributed by atoms with Gasteiger partial charge >= 0.3 is 6.18 Å². The van der Waals surface area contributed by atoms with Crippen LogP contribution in [0.4, 0.5) is 28.9 Å². The van der Waals surface area contributed by atoms with Crippen LogP contribution in [0.15, 0.2) is 60.9 Å². The smallest absolute Gasteiger partial charge is 0.416 e. The van der Waals surface area contributed by atoms with Gasteiger partial charge in [0, 0.05) is 32.4 Å². The fourth-order valence-electron chi connectivity index (χ4n) is 4.51. The van der Waals surface area contributed by atoms with Crippen molar-refractivity contribution in [2.24, 2.45) is 0 Å². The first-order chi connectivity index (χ1) is 20.9. The van der Waals surface area contributed by atoms with E-state index in [0.717, 1.165) is 31.2 Å². The van der Waals surface area contributed by atoms with Gasteiger partial charge in [-0.15, -0.1) is 0 Å². The van der Waals surface area contributed by atoms with Gasteiger partial charge in [-0.05, 0) is 88.1 Å². The summed E-state index contributed by atoms with van der Waals surface area (Å²) >= 11 is 0. The van der Waals surface area contributed by atoms with Gasteiger partial charge < -0.3 is 19.9 Å². The normalized spacial score (nSPS) is 11.5. The number of halogens is 4. The number of nitrogens with zero attached hydrogens (tertiary/aromatic N) is 5. The van der Waals surface area contributed by atoms with Crippen molar-refractivity contribution in [1.82, 2.24) is 19.9 Å². The van der Waals surface area contributed by atoms with E-state index in [1.165, 1.54) is 18.3 Å². The summed E-state index contributed by atoms with van der Waals surface area (Å²) < 4.78 is 62.0. The molecule has 0 aliphatic heterocycles. The Balaban J connectivity index is 1.66. The average molecular weight is 611 g/mol. The van der Waals surface area contributed by atoms with Crippen LogP contribution in [-0.2, 0) is 12.6 Å². The van der Waals surface area contributed by atoms with Crippen LogP contribution < -0.4 is 15.0 Å². The summed E-state index contributed by atoms with van der Waals surface area (Å²) in [7, 11) is 5.56. The third-order valence-corrected chi connectivity index (χ3v) is 6.87. The Morgan fingerprint density at radius 2 is 1.77 bits per heavy atom. The fraction of sp³-hybridized carbons (Fsp3) is 0.312. The summed E-state index contributed by atoms with van der Waals surface area (Å²) in [6, 6.07) is 10.6. The van der Waals surface area contributed by atoms with Crippen molar-refractivity contribution in [3.8, 4) is 22.9 Å². The molecule has 0 spiro atoms. The SMILES string of the molecule is CCc1nccc(-c2cccnc2Oc2cc(C(=O)Nc3cc(C(F)(F)F)ccc3N(C)CCCN(C)C)c(F)cc2C)n1. The lowest BCUT2D eigenvalue weighted by atomic mass is 10.1. The summed E-state index contributed by atoms with van der Waals surface area (Å²) in [4.78, 5) is 30.2. The maximum atomic E-state index is 15.2. The summed E-state index contributed by atoms with van der Waals surface area (Å²) in [5, 5.41) is 2.50. The number of ether oxygens (including phenoxy) is 1. The van der Waals surface area contributed by atoms with E-state index in [2.05, 4.69) is 20.3 Å². The predicted molar refractivity (Wildman–Crippen MR) is 162 cm³/mol. The van der Waals surface area contributed by atoms with Crippen LogP contribution in [0.25, 0.3) is 11.3 Å². The predicted octanol–water partition coefficient (Wildman–Crippen LogP) is 7.00. The minimum Gasteiger partial charge on any atom is -0.438 e. The maximum absolute atomic E-state index is 15.2. The summed E-state index contributed by atoms with van der Waals surface area (Å²) in [6.07, 6.45) is -0.128. The number of benzene rings is 2. The molecule has 0 aliphatic rings. The molecule has 8 nitrogen and oxygen atoms in total. The number of alkyl halides is 3. The number of amides is 1. The van der Waals surface area contributed by atoms with E-state index in [-0.39, 0.29) is 17.3 Å². The van der Waals surface area contributed by atoms with E-state index in [1.54, 1.807) is 43.3 Å². The number of aryl methyl sites for hydroxylation is 2. The molecule has 4 aromatic rings. The number of hydrogen-bond acceptors (Lipinski definition) is 7. The third-order valence-electron chi connectivity index (χ3n) is 6.87. The number of carbonyl (C=O) groups excluding carboxylic acids is 1. The Hall–Kier alpha value is -4.58. The number of rotatable bonds is 11. The van der Waals surface area contributed by atoms with Crippen molar-refractivity contribution in [2.75, 3.05) is 44.4 Å². The molecule has 0 atom stereocenters. The lowest BCUT2D eigenvalue weighted by Gasteiger charge is -2.24. The molecular weight excluding hydrogens is 576 g/mol. The maximum Gasteiger partial charge on any atom is 0.416 e. The number of aromatic nitrogens is 3. The molecule has 1 N–H and O–H groups in total. The van der Waals surface area contributed by atoms with Gasteiger partial charge in [-0.3, -0.25) is 4.79 Å². The Morgan fingerprint density at radius 3 is 2.48 bits per heavy atom. The quantitative estimate of drug-likeness (QED) is 0.183. The molecule has 44 heavy (non-hydrogen) atoms. The van der Waals surface area contributed by atoms with Gasteiger partial charge in [0.05, 0.1) is 33.8 Å². The van der Waals surface area contributed by atoms with E-state index in [9.17, 15) is 18.0 Å². The molecule has 0 unspecified atom stereocenters. The largest absolute Gasteiger partial charge is 0.438 e. The first kappa shape index (κ1) is 32.3. The Morgan fingerprint density at radius 1 is 1.00 bits per heavy atom. The molecule has 2 aromatic carbocycles.